The highest BCUT2D eigenvalue weighted by atomic mass is 35.5. The van der Waals surface area contributed by atoms with E-state index in [0.29, 0.717) is 40.4 Å². The Bertz CT molecular complexity index is 1290. The molecule has 0 bridgehead atoms. The number of carbonyl (C=O) groups is 1. The first kappa shape index (κ1) is 25.5. The summed E-state index contributed by atoms with van der Waals surface area (Å²) in [6, 6.07) is 10.5. The number of nitrogens with one attached hydrogen (secondary N) is 2. The number of aliphatic hydroxyl groups excluding tert-OH is 1. The lowest BCUT2D eigenvalue weighted by molar-refractivity contribution is -0.0964. The number of imidazole rings is 1. The highest BCUT2D eigenvalue weighted by molar-refractivity contribution is 7.59. The van der Waals surface area contributed by atoms with Crippen molar-refractivity contribution in [2.75, 3.05) is 5.32 Å². The topological polar surface area (TPSA) is 105 Å². The molecule has 0 aliphatic rings. The molecule has 0 saturated heterocycles. The number of halogens is 3. The number of hydrogen-bond acceptors (Lipinski definition) is 5. The number of amides is 1. The van der Waals surface area contributed by atoms with E-state index in [1.54, 1.807) is 31.3 Å². The average Bonchev–Trinajstić information content (AvgIpc) is 3.41. The summed E-state index contributed by atoms with van der Waals surface area (Å²) in [7, 11) is 0. The molecule has 4 rings (SSSR count). The van der Waals surface area contributed by atoms with E-state index in [2.05, 4.69) is 25.2 Å². The second-order valence-electron chi connectivity index (χ2n) is 7.28. The van der Waals surface area contributed by atoms with Crippen molar-refractivity contribution < 1.29 is 23.4 Å². The zero-order valence-electron chi connectivity index (χ0n) is 18.1. The monoisotopic (exact) mass is 509 g/mol. The first-order valence-electron chi connectivity index (χ1n) is 10.1. The van der Waals surface area contributed by atoms with Crippen LogP contribution in [0.3, 0.4) is 0 Å². The third-order valence-electron chi connectivity index (χ3n) is 4.96. The number of ether oxygens (including phenoxy) is 1. The molecule has 180 valence electrons. The molecule has 3 N–H and O–H groups in total. The number of alkyl halides is 3. The van der Waals surface area contributed by atoms with Crippen LogP contribution in [0.25, 0.3) is 22.3 Å². The molecular formula is C22H22ClF2N5O3S. The summed E-state index contributed by atoms with van der Waals surface area (Å²) in [5, 5.41) is 19.8. The smallest absolute Gasteiger partial charge is 0.420 e. The summed E-state index contributed by atoms with van der Waals surface area (Å²) in [6.07, 6.45) is 0.801. The standard InChI is InChI=1S/C22H20ClF2N5O3.H2S/c1-3-30-19-16(17-8-9-26-29-17)10-13(11-18(19)28-20(30)12(2)31)21(32)27-14-4-6-15(7-5-14)33-22(23,24)25;/h4-12,31H,3H2,1-2H3,(H,26,29)(H,27,32);1H2/t12-;/m0./s1. The Balaban J connectivity index is 0.00000324. The fourth-order valence-corrected chi connectivity index (χ4v) is 3.70. The largest absolute Gasteiger partial charge is 0.487 e. The van der Waals surface area contributed by atoms with Crippen LogP contribution in [-0.4, -0.2) is 36.3 Å². The van der Waals surface area contributed by atoms with Gasteiger partial charge in [0.2, 0.25) is 0 Å². The number of anilines is 1. The van der Waals surface area contributed by atoms with E-state index in [1.165, 1.54) is 24.3 Å². The van der Waals surface area contributed by atoms with Crippen LogP contribution in [0.15, 0.2) is 48.7 Å². The minimum atomic E-state index is -3.82. The predicted octanol–water partition coefficient (Wildman–Crippen LogP) is 5.03. The number of rotatable bonds is 7. The van der Waals surface area contributed by atoms with Crippen molar-refractivity contribution in [3.63, 3.8) is 0 Å². The molecule has 2 aromatic heterocycles. The van der Waals surface area contributed by atoms with E-state index in [4.69, 9.17) is 11.6 Å². The van der Waals surface area contributed by atoms with Crippen molar-refractivity contribution in [3.05, 3.63) is 60.0 Å². The van der Waals surface area contributed by atoms with Gasteiger partial charge in [-0.1, -0.05) is 0 Å². The molecule has 2 aromatic carbocycles. The van der Waals surface area contributed by atoms with Crippen molar-refractivity contribution in [2.45, 2.75) is 32.1 Å². The zero-order chi connectivity index (χ0) is 23.8. The number of aryl methyl sites for hydroxylation is 1. The van der Waals surface area contributed by atoms with Crippen molar-refractivity contribution in [2.24, 2.45) is 0 Å². The molecular weight excluding hydrogens is 488 g/mol. The Hall–Kier alpha value is -3.15. The summed E-state index contributed by atoms with van der Waals surface area (Å²) in [5.74, 6) is -0.0946. The molecule has 1 amide bonds. The summed E-state index contributed by atoms with van der Waals surface area (Å²) in [6.45, 7) is 4.14. The summed E-state index contributed by atoms with van der Waals surface area (Å²) in [4.78, 5) is 17.5. The predicted molar refractivity (Wildman–Crippen MR) is 130 cm³/mol. The van der Waals surface area contributed by atoms with Gasteiger partial charge in [0, 0.05) is 41.2 Å². The Labute approximate surface area is 205 Å². The van der Waals surface area contributed by atoms with Gasteiger partial charge in [-0.3, -0.25) is 9.89 Å². The number of H-pyrrole nitrogens is 1. The number of carbonyl (C=O) groups excluding carboxylic acids is 1. The van der Waals surface area contributed by atoms with Gasteiger partial charge in [-0.05, 0) is 56.3 Å². The lowest BCUT2D eigenvalue weighted by Crippen LogP contribution is -2.16. The first-order valence-corrected chi connectivity index (χ1v) is 10.4. The van der Waals surface area contributed by atoms with Gasteiger partial charge in [0.15, 0.2) is 0 Å². The number of aromatic amines is 1. The van der Waals surface area contributed by atoms with Crippen LogP contribution in [0.1, 0.15) is 36.1 Å². The van der Waals surface area contributed by atoms with Gasteiger partial charge in [-0.15, -0.1) is 8.78 Å². The third kappa shape index (κ3) is 5.32. The minimum Gasteiger partial charge on any atom is -0.420 e. The molecule has 1 atom stereocenters. The Morgan fingerprint density at radius 3 is 2.56 bits per heavy atom. The van der Waals surface area contributed by atoms with E-state index < -0.39 is 17.6 Å². The van der Waals surface area contributed by atoms with Crippen LogP contribution in [0, 0.1) is 0 Å². The van der Waals surface area contributed by atoms with Gasteiger partial charge in [0.25, 0.3) is 5.91 Å². The van der Waals surface area contributed by atoms with E-state index in [-0.39, 0.29) is 19.2 Å². The molecule has 0 unspecified atom stereocenters. The highest BCUT2D eigenvalue weighted by Crippen LogP contribution is 2.32. The SMILES string of the molecule is CCn1c([C@H](C)O)nc2cc(C(=O)Nc3ccc(OC(F)(F)Cl)cc3)cc(-c3ccn[nH]3)c21.S. The normalized spacial score (nSPS) is 12.3. The van der Waals surface area contributed by atoms with Crippen molar-refractivity contribution >= 4 is 47.7 Å². The van der Waals surface area contributed by atoms with Gasteiger partial charge in [0.05, 0.1) is 16.7 Å². The third-order valence-corrected chi connectivity index (χ3v) is 5.04. The molecule has 34 heavy (non-hydrogen) atoms. The number of hydrogen-bond donors (Lipinski definition) is 3. The second kappa shape index (κ2) is 10.00. The van der Waals surface area contributed by atoms with Crippen LogP contribution < -0.4 is 10.1 Å². The van der Waals surface area contributed by atoms with Gasteiger partial charge >= 0.3 is 5.57 Å². The van der Waals surface area contributed by atoms with Gasteiger partial charge in [0.1, 0.15) is 17.7 Å². The Morgan fingerprint density at radius 2 is 2.00 bits per heavy atom. The second-order valence-corrected chi connectivity index (χ2v) is 7.72. The molecule has 0 fully saturated rings. The lowest BCUT2D eigenvalue weighted by Gasteiger charge is -2.12. The zero-order valence-corrected chi connectivity index (χ0v) is 19.9. The minimum absolute atomic E-state index is 0. The molecule has 2 heterocycles. The van der Waals surface area contributed by atoms with E-state index in [9.17, 15) is 18.7 Å². The maximum Gasteiger partial charge on any atom is 0.487 e. The van der Waals surface area contributed by atoms with Gasteiger partial charge in [-0.25, -0.2) is 4.98 Å². The fraction of sp³-hybridized carbons (Fsp3) is 0.227. The fourth-order valence-electron chi connectivity index (χ4n) is 3.61. The average molecular weight is 510 g/mol. The summed E-state index contributed by atoms with van der Waals surface area (Å²) in [5.41, 5.74) is -0.448. The maximum atomic E-state index is 13.0. The van der Waals surface area contributed by atoms with Crippen LogP contribution in [0.2, 0.25) is 0 Å². The first-order chi connectivity index (χ1) is 15.7. The Morgan fingerprint density at radius 1 is 1.29 bits per heavy atom. The molecule has 0 radical (unpaired) electrons. The number of aromatic nitrogens is 4. The summed E-state index contributed by atoms with van der Waals surface area (Å²) >= 11 is 4.76. The maximum absolute atomic E-state index is 13.0. The number of benzene rings is 2. The Kier molecular flexibility index (Phi) is 7.49. The molecule has 0 aliphatic heterocycles. The molecule has 0 spiro atoms. The van der Waals surface area contributed by atoms with Gasteiger partial charge in [-0.2, -0.15) is 18.6 Å². The number of fused-ring (bicyclic) bond motifs is 1. The quantitative estimate of drug-likeness (QED) is 0.303. The van der Waals surface area contributed by atoms with Crippen LogP contribution in [0.4, 0.5) is 14.5 Å². The van der Waals surface area contributed by atoms with E-state index in [1.807, 2.05) is 11.5 Å². The van der Waals surface area contributed by atoms with E-state index in [0.717, 1.165) is 5.52 Å². The highest BCUT2D eigenvalue weighted by Gasteiger charge is 2.27. The van der Waals surface area contributed by atoms with Gasteiger partial charge < -0.3 is 19.7 Å². The molecule has 12 heteroatoms. The molecule has 0 saturated carbocycles. The number of nitrogens with zero attached hydrogens (tertiary/aromatic N) is 3. The van der Waals surface area contributed by atoms with E-state index >= 15 is 0 Å². The summed E-state index contributed by atoms with van der Waals surface area (Å²) < 4.78 is 31.7. The van der Waals surface area contributed by atoms with Crippen LogP contribution in [0.5, 0.6) is 5.75 Å². The molecule has 8 nitrogen and oxygen atoms in total. The molecule has 0 aliphatic carbocycles. The lowest BCUT2D eigenvalue weighted by atomic mass is 10.0. The van der Waals surface area contributed by atoms with Crippen molar-refractivity contribution in [1.82, 2.24) is 19.7 Å². The van der Waals surface area contributed by atoms with Crippen LogP contribution >= 0.6 is 25.1 Å². The number of aliphatic hydroxyl groups is 1. The van der Waals surface area contributed by atoms with Crippen molar-refractivity contribution in [1.29, 1.82) is 0 Å². The van der Waals surface area contributed by atoms with Crippen molar-refractivity contribution in [3.8, 4) is 17.0 Å². The molecule has 4 aromatic rings. The van der Waals surface area contributed by atoms with Crippen LogP contribution in [-0.2, 0) is 6.54 Å².